The van der Waals surface area contributed by atoms with Crippen molar-refractivity contribution in [2.45, 2.75) is 32.9 Å². The monoisotopic (exact) mass is 304 g/mol. The molecule has 2 aromatic rings. The summed E-state index contributed by atoms with van der Waals surface area (Å²) in [6.07, 6.45) is 0.975. The van der Waals surface area contributed by atoms with E-state index in [9.17, 15) is 0 Å². The van der Waals surface area contributed by atoms with Gasteiger partial charge >= 0.3 is 0 Å². The molecule has 0 amide bonds. The maximum Gasteiger partial charge on any atom is 0.131 e. The van der Waals surface area contributed by atoms with Crippen molar-refractivity contribution >= 4 is 11.3 Å². The molecule has 1 aromatic heterocycles. The zero-order chi connectivity index (χ0) is 14.7. The molecule has 3 rings (SSSR count). The molecule has 0 bridgehead atoms. The molecule has 2 heterocycles. The Balaban J connectivity index is 1.65. The van der Waals surface area contributed by atoms with Crippen LogP contribution < -0.4 is 14.8 Å². The van der Waals surface area contributed by atoms with Crippen molar-refractivity contribution in [1.29, 1.82) is 0 Å². The molecule has 1 aliphatic heterocycles. The standard InChI is InChI=1S/C16H20N2O2S/c1-3-16-18-11(10-21-16)8-19-12-5-6-13-14(17-4-2)9-20-15(13)7-12/h5-7,10,14,17H,3-4,8-9H2,1-2H3. The smallest absolute Gasteiger partial charge is 0.131 e. The summed E-state index contributed by atoms with van der Waals surface area (Å²) in [5, 5.41) is 6.62. The van der Waals surface area contributed by atoms with Crippen LogP contribution in [0.5, 0.6) is 11.5 Å². The topological polar surface area (TPSA) is 43.4 Å². The van der Waals surface area contributed by atoms with Crippen molar-refractivity contribution in [3.05, 3.63) is 39.8 Å². The SMILES string of the molecule is CCNC1COc2cc(OCc3csc(CC)n3)ccc21. The number of aryl methyl sites for hydroxylation is 1. The van der Waals surface area contributed by atoms with Crippen molar-refractivity contribution in [2.24, 2.45) is 0 Å². The molecule has 112 valence electrons. The van der Waals surface area contributed by atoms with Crippen LogP contribution in [0.3, 0.4) is 0 Å². The second kappa shape index (κ2) is 6.45. The highest BCUT2D eigenvalue weighted by atomic mass is 32.1. The third-order valence-corrected chi connectivity index (χ3v) is 4.55. The number of hydrogen-bond acceptors (Lipinski definition) is 5. The molecular formula is C16H20N2O2S. The lowest BCUT2D eigenvalue weighted by Gasteiger charge is -2.09. The minimum Gasteiger partial charge on any atom is -0.491 e. The molecule has 5 heteroatoms. The summed E-state index contributed by atoms with van der Waals surface area (Å²) in [5.74, 6) is 1.75. The highest BCUT2D eigenvalue weighted by molar-refractivity contribution is 7.09. The molecule has 0 spiro atoms. The van der Waals surface area contributed by atoms with Crippen LogP contribution in [0.1, 0.15) is 36.2 Å². The molecule has 0 saturated heterocycles. The summed E-state index contributed by atoms with van der Waals surface area (Å²) >= 11 is 1.69. The highest BCUT2D eigenvalue weighted by Crippen LogP contribution is 2.35. The zero-order valence-electron chi connectivity index (χ0n) is 12.4. The predicted molar refractivity (Wildman–Crippen MR) is 84.2 cm³/mol. The van der Waals surface area contributed by atoms with E-state index in [0.29, 0.717) is 19.3 Å². The number of ether oxygens (including phenoxy) is 2. The summed E-state index contributed by atoms with van der Waals surface area (Å²) in [6.45, 7) is 6.36. The van der Waals surface area contributed by atoms with Gasteiger partial charge in [-0.2, -0.15) is 0 Å². The Hall–Kier alpha value is -1.59. The number of fused-ring (bicyclic) bond motifs is 1. The third-order valence-electron chi connectivity index (χ3n) is 3.50. The van der Waals surface area contributed by atoms with Gasteiger partial charge in [0.1, 0.15) is 24.7 Å². The first kappa shape index (κ1) is 14.4. The highest BCUT2D eigenvalue weighted by Gasteiger charge is 2.23. The summed E-state index contributed by atoms with van der Waals surface area (Å²) < 4.78 is 11.5. The van der Waals surface area contributed by atoms with Crippen molar-refractivity contribution in [1.82, 2.24) is 10.3 Å². The Morgan fingerprint density at radius 2 is 2.33 bits per heavy atom. The van der Waals surface area contributed by atoms with Gasteiger partial charge in [-0.05, 0) is 25.1 Å². The minimum absolute atomic E-state index is 0.296. The van der Waals surface area contributed by atoms with Crippen LogP contribution >= 0.6 is 11.3 Å². The number of likely N-dealkylation sites (N-methyl/N-ethyl adjacent to an activating group) is 1. The van der Waals surface area contributed by atoms with E-state index in [4.69, 9.17) is 9.47 Å². The molecule has 1 atom stereocenters. The first-order valence-electron chi connectivity index (χ1n) is 7.36. The van der Waals surface area contributed by atoms with Crippen LogP contribution in [-0.4, -0.2) is 18.1 Å². The molecule has 1 N–H and O–H groups in total. The molecule has 4 nitrogen and oxygen atoms in total. The van der Waals surface area contributed by atoms with E-state index in [2.05, 4.69) is 35.6 Å². The Labute approximate surface area is 129 Å². The predicted octanol–water partition coefficient (Wildman–Crippen LogP) is 3.33. The molecule has 1 unspecified atom stereocenters. The van der Waals surface area contributed by atoms with Crippen LogP contribution in [0.15, 0.2) is 23.6 Å². The van der Waals surface area contributed by atoms with Gasteiger partial charge in [0.25, 0.3) is 0 Å². The van der Waals surface area contributed by atoms with Gasteiger partial charge in [-0.25, -0.2) is 4.98 Å². The summed E-state index contributed by atoms with van der Waals surface area (Å²) in [7, 11) is 0. The molecular weight excluding hydrogens is 284 g/mol. The molecule has 0 fully saturated rings. The lowest BCUT2D eigenvalue weighted by Crippen LogP contribution is -2.21. The molecule has 21 heavy (non-hydrogen) atoms. The van der Waals surface area contributed by atoms with E-state index in [0.717, 1.165) is 35.2 Å². The van der Waals surface area contributed by atoms with Gasteiger partial charge in [0.05, 0.1) is 16.7 Å². The largest absolute Gasteiger partial charge is 0.491 e. The molecule has 1 aromatic carbocycles. The number of nitrogens with zero attached hydrogens (tertiary/aromatic N) is 1. The van der Waals surface area contributed by atoms with Crippen molar-refractivity contribution < 1.29 is 9.47 Å². The quantitative estimate of drug-likeness (QED) is 0.889. The number of aromatic nitrogens is 1. The molecule has 0 radical (unpaired) electrons. The van der Waals surface area contributed by atoms with Gasteiger partial charge < -0.3 is 14.8 Å². The van der Waals surface area contributed by atoms with Crippen molar-refractivity contribution in [2.75, 3.05) is 13.2 Å². The number of nitrogens with one attached hydrogen (secondary N) is 1. The van der Waals surface area contributed by atoms with Gasteiger partial charge in [-0.1, -0.05) is 13.8 Å². The number of hydrogen-bond donors (Lipinski definition) is 1. The van der Waals surface area contributed by atoms with E-state index in [1.54, 1.807) is 11.3 Å². The van der Waals surface area contributed by atoms with Crippen molar-refractivity contribution in [3.8, 4) is 11.5 Å². The van der Waals surface area contributed by atoms with Gasteiger partial charge in [0.15, 0.2) is 0 Å². The first-order chi connectivity index (χ1) is 10.3. The summed E-state index contributed by atoms with van der Waals surface area (Å²) in [6, 6.07) is 6.36. The first-order valence-corrected chi connectivity index (χ1v) is 8.24. The minimum atomic E-state index is 0.296. The molecule has 0 aliphatic carbocycles. The lowest BCUT2D eigenvalue weighted by molar-refractivity contribution is 0.294. The van der Waals surface area contributed by atoms with E-state index in [-0.39, 0.29) is 0 Å². The van der Waals surface area contributed by atoms with Crippen LogP contribution in [0.2, 0.25) is 0 Å². The van der Waals surface area contributed by atoms with Gasteiger partial charge in [-0.3, -0.25) is 0 Å². The van der Waals surface area contributed by atoms with Crippen LogP contribution in [-0.2, 0) is 13.0 Å². The van der Waals surface area contributed by atoms with Gasteiger partial charge in [-0.15, -0.1) is 11.3 Å². The maximum absolute atomic E-state index is 5.81. The normalized spacial score (nSPS) is 16.6. The second-order valence-corrected chi connectivity index (χ2v) is 5.94. The van der Waals surface area contributed by atoms with E-state index < -0.39 is 0 Å². The third kappa shape index (κ3) is 3.19. The number of rotatable bonds is 6. The van der Waals surface area contributed by atoms with Crippen LogP contribution in [0, 0.1) is 0 Å². The van der Waals surface area contributed by atoms with Crippen molar-refractivity contribution in [3.63, 3.8) is 0 Å². The fourth-order valence-corrected chi connectivity index (χ4v) is 3.16. The molecule has 0 saturated carbocycles. The Kier molecular flexibility index (Phi) is 4.41. The average Bonchev–Trinajstić information content (AvgIpc) is 3.12. The van der Waals surface area contributed by atoms with Crippen LogP contribution in [0.25, 0.3) is 0 Å². The fourth-order valence-electron chi connectivity index (χ4n) is 2.43. The number of thiazole rings is 1. The fraction of sp³-hybridized carbons (Fsp3) is 0.438. The van der Waals surface area contributed by atoms with E-state index >= 15 is 0 Å². The van der Waals surface area contributed by atoms with E-state index in [1.807, 2.05) is 12.1 Å². The van der Waals surface area contributed by atoms with E-state index in [1.165, 1.54) is 5.56 Å². The zero-order valence-corrected chi connectivity index (χ0v) is 13.2. The summed E-state index contributed by atoms with van der Waals surface area (Å²) in [5.41, 5.74) is 2.20. The molecule has 1 aliphatic rings. The second-order valence-electron chi connectivity index (χ2n) is 5.00. The van der Waals surface area contributed by atoms with Gasteiger partial charge in [0.2, 0.25) is 0 Å². The average molecular weight is 304 g/mol. The Morgan fingerprint density at radius 3 is 3.10 bits per heavy atom. The summed E-state index contributed by atoms with van der Waals surface area (Å²) in [4.78, 5) is 4.50. The van der Waals surface area contributed by atoms with Gasteiger partial charge in [0, 0.05) is 17.0 Å². The Morgan fingerprint density at radius 1 is 1.43 bits per heavy atom. The number of benzene rings is 1. The Bertz CT molecular complexity index is 612. The van der Waals surface area contributed by atoms with Crippen LogP contribution in [0.4, 0.5) is 0 Å². The lowest BCUT2D eigenvalue weighted by atomic mass is 10.1. The maximum atomic E-state index is 5.81.